The number of rotatable bonds is 6. The van der Waals surface area contributed by atoms with Gasteiger partial charge in [0.2, 0.25) is 0 Å². The molecule has 1 rings (SSSR count). The molecule has 0 fully saturated rings. The third-order valence-electron chi connectivity index (χ3n) is 2.46. The molecule has 0 saturated carbocycles. The number of aromatic hydroxyl groups is 1. The first-order valence-electron chi connectivity index (χ1n) is 5.81. The lowest BCUT2D eigenvalue weighted by atomic mass is 10.0. The van der Waals surface area contributed by atoms with Gasteiger partial charge in [-0.05, 0) is 37.5 Å². The van der Waals surface area contributed by atoms with Gasteiger partial charge in [0.1, 0.15) is 5.75 Å². The van der Waals surface area contributed by atoms with Crippen LogP contribution in [0.4, 0.5) is 0 Å². The Kier molecular flexibility index (Phi) is 5.49. The Hall–Kier alpha value is -1.55. The summed E-state index contributed by atoms with van der Waals surface area (Å²) in [5, 5.41) is 9.13. The highest BCUT2D eigenvalue weighted by Gasteiger charge is 2.08. The smallest absolute Gasteiger partial charge is 0.305 e. The Morgan fingerprint density at radius 1 is 1.41 bits per heavy atom. The third kappa shape index (κ3) is 5.36. The molecule has 4 nitrogen and oxygen atoms in total. The summed E-state index contributed by atoms with van der Waals surface area (Å²) in [6.07, 6.45) is 1.66. The molecule has 1 aromatic carbocycles. The van der Waals surface area contributed by atoms with Gasteiger partial charge in [0, 0.05) is 12.5 Å². The lowest BCUT2D eigenvalue weighted by Gasteiger charge is -2.11. The molecule has 1 unspecified atom stereocenters. The Morgan fingerprint density at radius 2 is 2.06 bits per heavy atom. The lowest BCUT2D eigenvalue weighted by Crippen LogP contribution is -2.24. The van der Waals surface area contributed by atoms with Crippen molar-refractivity contribution in [3.05, 3.63) is 29.8 Å². The number of carbonyl (C=O) groups is 1. The van der Waals surface area contributed by atoms with Gasteiger partial charge in [-0.15, -0.1) is 0 Å². The fourth-order valence-electron chi connectivity index (χ4n) is 1.57. The molecular weight excluding hydrogens is 218 g/mol. The molecule has 4 heteroatoms. The van der Waals surface area contributed by atoms with Crippen LogP contribution in [-0.4, -0.2) is 23.7 Å². The van der Waals surface area contributed by atoms with Crippen LogP contribution in [0, 0.1) is 0 Å². The monoisotopic (exact) mass is 237 g/mol. The van der Waals surface area contributed by atoms with Crippen LogP contribution in [0.1, 0.15) is 25.3 Å². The van der Waals surface area contributed by atoms with Crippen LogP contribution in [-0.2, 0) is 16.0 Å². The molecule has 1 aromatic rings. The summed E-state index contributed by atoms with van der Waals surface area (Å²) in [6.45, 7) is 2.19. The maximum atomic E-state index is 11.1. The van der Waals surface area contributed by atoms with Crippen molar-refractivity contribution >= 4 is 5.97 Å². The molecule has 0 spiro atoms. The number of ether oxygens (including phenoxy) is 1. The fourth-order valence-corrected chi connectivity index (χ4v) is 1.57. The molecule has 17 heavy (non-hydrogen) atoms. The van der Waals surface area contributed by atoms with Gasteiger partial charge in [-0.2, -0.15) is 0 Å². The molecule has 0 aliphatic rings. The summed E-state index contributed by atoms with van der Waals surface area (Å²) in [5.74, 6) is 0.0440. The summed E-state index contributed by atoms with van der Waals surface area (Å²) < 4.78 is 4.83. The van der Waals surface area contributed by atoms with Crippen LogP contribution in [0.25, 0.3) is 0 Å². The van der Waals surface area contributed by atoms with Crippen LogP contribution in [0.3, 0.4) is 0 Å². The quantitative estimate of drug-likeness (QED) is 0.737. The van der Waals surface area contributed by atoms with Crippen molar-refractivity contribution in [1.82, 2.24) is 0 Å². The summed E-state index contributed by atoms with van der Waals surface area (Å²) >= 11 is 0. The molecule has 3 N–H and O–H groups in total. The summed E-state index contributed by atoms with van der Waals surface area (Å²) in [4.78, 5) is 11.1. The zero-order valence-corrected chi connectivity index (χ0v) is 10.1. The van der Waals surface area contributed by atoms with E-state index in [0.29, 0.717) is 25.9 Å². The predicted octanol–water partition coefficient (Wildman–Crippen LogP) is 1.61. The van der Waals surface area contributed by atoms with E-state index >= 15 is 0 Å². The average molecular weight is 237 g/mol. The van der Waals surface area contributed by atoms with Crippen molar-refractivity contribution in [3.63, 3.8) is 0 Å². The second kappa shape index (κ2) is 6.91. The molecule has 0 aliphatic heterocycles. The Labute approximate surface area is 101 Å². The Balaban J connectivity index is 2.31. The minimum atomic E-state index is -0.200. The second-order valence-corrected chi connectivity index (χ2v) is 3.97. The van der Waals surface area contributed by atoms with Crippen LogP contribution < -0.4 is 5.73 Å². The average Bonchev–Trinajstić information content (AvgIpc) is 2.30. The normalized spacial score (nSPS) is 12.1. The molecule has 0 saturated heterocycles. The van der Waals surface area contributed by atoms with Gasteiger partial charge in [0.25, 0.3) is 0 Å². The lowest BCUT2D eigenvalue weighted by molar-refractivity contribution is -0.143. The van der Waals surface area contributed by atoms with Gasteiger partial charge in [-0.25, -0.2) is 0 Å². The van der Waals surface area contributed by atoms with E-state index in [1.165, 1.54) is 0 Å². The van der Waals surface area contributed by atoms with Gasteiger partial charge in [0.15, 0.2) is 0 Å². The van der Waals surface area contributed by atoms with Crippen LogP contribution in [0.5, 0.6) is 5.75 Å². The molecule has 0 amide bonds. The number of nitrogens with two attached hydrogens (primary N) is 1. The molecule has 0 aromatic heterocycles. The third-order valence-corrected chi connectivity index (χ3v) is 2.46. The molecule has 0 bridgehead atoms. The summed E-state index contributed by atoms with van der Waals surface area (Å²) in [6, 6.07) is 6.86. The highest BCUT2D eigenvalue weighted by Crippen LogP contribution is 2.12. The van der Waals surface area contributed by atoms with Gasteiger partial charge >= 0.3 is 5.97 Å². The van der Waals surface area contributed by atoms with Crippen molar-refractivity contribution in [2.24, 2.45) is 5.73 Å². The molecule has 0 radical (unpaired) electrons. The number of hydrogen-bond donors (Lipinski definition) is 2. The minimum absolute atomic E-state index is 0.0658. The first-order valence-corrected chi connectivity index (χ1v) is 5.81. The maximum absolute atomic E-state index is 11.1. The van der Waals surface area contributed by atoms with E-state index < -0.39 is 0 Å². The van der Waals surface area contributed by atoms with Crippen LogP contribution in [0.15, 0.2) is 24.3 Å². The van der Waals surface area contributed by atoms with Gasteiger partial charge < -0.3 is 15.6 Å². The number of benzene rings is 1. The molecular formula is C13H19NO3. The van der Waals surface area contributed by atoms with Crippen molar-refractivity contribution in [2.45, 2.75) is 32.2 Å². The number of carbonyl (C=O) groups excluding carboxylic acids is 1. The van der Waals surface area contributed by atoms with Crippen molar-refractivity contribution in [2.75, 3.05) is 6.61 Å². The number of phenols is 1. The molecule has 1 atom stereocenters. The predicted molar refractivity (Wildman–Crippen MR) is 65.7 cm³/mol. The van der Waals surface area contributed by atoms with E-state index in [0.717, 1.165) is 5.56 Å². The highest BCUT2D eigenvalue weighted by atomic mass is 16.5. The van der Waals surface area contributed by atoms with E-state index in [9.17, 15) is 4.79 Å². The van der Waals surface area contributed by atoms with Crippen molar-refractivity contribution in [3.8, 4) is 5.75 Å². The zero-order chi connectivity index (χ0) is 12.7. The SMILES string of the molecule is CCOC(=O)CCC(N)Cc1ccc(O)cc1. The Morgan fingerprint density at radius 3 is 2.65 bits per heavy atom. The number of esters is 1. The van der Waals surface area contributed by atoms with Crippen molar-refractivity contribution < 1.29 is 14.6 Å². The van der Waals surface area contributed by atoms with Crippen molar-refractivity contribution in [1.29, 1.82) is 0 Å². The van der Waals surface area contributed by atoms with Gasteiger partial charge in [-0.3, -0.25) is 4.79 Å². The van der Waals surface area contributed by atoms with E-state index in [1.807, 2.05) is 12.1 Å². The van der Waals surface area contributed by atoms with Gasteiger partial charge in [0.05, 0.1) is 6.61 Å². The van der Waals surface area contributed by atoms with E-state index in [-0.39, 0.29) is 17.8 Å². The minimum Gasteiger partial charge on any atom is -0.508 e. The van der Waals surface area contributed by atoms with E-state index in [1.54, 1.807) is 19.1 Å². The first-order chi connectivity index (χ1) is 8.11. The number of hydrogen-bond acceptors (Lipinski definition) is 4. The maximum Gasteiger partial charge on any atom is 0.305 e. The largest absolute Gasteiger partial charge is 0.508 e. The van der Waals surface area contributed by atoms with E-state index in [2.05, 4.69) is 0 Å². The summed E-state index contributed by atoms with van der Waals surface area (Å²) in [7, 11) is 0. The topological polar surface area (TPSA) is 72.5 Å². The second-order valence-electron chi connectivity index (χ2n) is 3.97. The number of phenolic OH excluding ortho intramolecular Hbond substituents is 1. The van der Waals surface area contributed by atoms with E-state index in [4.69, 9.17) is 15.6 Å². The van der Waals surface area contributed by atoms with Crippen LogP contribution >= 0.6 is 0 Å². The summed E-state index contributed by atoms with van der Waals surface area (Å²) in [5.41, 5.74) is 6.97. The standard InChI is InChI=1S/C13H19NO3/c1-2-17-13(16)8-5-11(14)9-10-3-6-12(15)7-4-10/h3-4,6-7,11,15H,2,5,8-9,14H2,1H3. The van der Waals surface area contributed by atoms with Crippen LogP contribution in [0.2, 0.25) is 0 Å². The Bertz CT molecular complexity index is 348. The molecule has 0 aliphatic carbocycles. The van der Waals surface area contributed by atoms with Gasteiger partial charge in [-0.1, -0.05) is 12.1 Å². The highest BCUT2D eigenvalue weighted by molar-refractivity contribution is 5.69. The first kappa shape index (κ1) is 13.5. The molecule has 0 heterocycles. The molecule has 94 valence electrons. The fraction of sp³-hybridized carbons (Fsp3) is 0.462. The zero-order valence-electron chi connectivity index (χ0n) is 10.1.